The molecular weight excluding hydrogens is 258 g/mol. The van der Waals surface area contributed by atoms with E-state index < -0.39 is 0 Å². The molecule has 0 bridgehead atoms. The maximum atomic E-state index is 9.28. The van der Waals surface area contributed by atoms with E-state index >= 15 is 0 Å². The molecule has 0 N–H and O–H groups in total. The third-order valence-corrected chi connectivity index (χ3v) is 4.40. The highest BCUT2D eigenvalue weighted by Gasteiger charge is 2.25. The number of hydrogen-bond donors (Lipinski definition) is 0. The summed E-state index contributed by atoms with van der Waals surface area (Å²) in [6.07, 6.45) is 1.12. The van der Waals surface area contributed by atoms with Crippen LogP contribution in [0.1, 0.15) is 25.0 Å². The first-order valence-electron chi connectivity index (χ1n) is 8.01. The van der Waals surface area contributed by atoms with Crippen molar-refractivity contribution in [2.75, 3.05) is 32.7 Å². The third kappa shape index (κ3) is 4.56. The number of hydrogen-bond acceptors (Lipinski definition) is 3. The second-order valence-corrected chi connectivity index (χ2v) is 6.43. The molecule has 1 aliphatic rings. The predicted octanol–water partition coefficient (Wildman–Crippen LogP) is 2.70. The Morgan fingerprint density at radius 3 is 2.24 bits per heavy atom. The Morgan fingerprint density at radius 1 is 1.10 bits per heavy atom. The predicted molar refractivity (Wildman–Crippen MR) is 87.1 cm³/mol. The van der Waals surface area contributed by atoms with Gasteiger partial charge in [0.05, 0.1) is 6.07 Å². The van der Waals surface area contributed by atoms with E-state index in [1.54, 1.807) is 0 Å². The number of aryl methyl sites for hydroxylation is 1. The van der Waals surface area contributed by atoms with Gasteiger partial charge in [0.15, 0.2) is 0 Å². The minimum atomic E-state index is 0.0734. The molecule has 3 heteroatoms. The molecule has 114 valence electrons. The minimum absolute atomic E-state index is 0.0734. The molecule has 1 aromatic carbocycles. The summed E-state index contributed by atoms with van der Waals surface area (Å²) in [6.45, 7) is 11.7. The summed E-state index contributed by atoms with van der Waals surface area (Å²) in [5.41, 5.74) is 2.74. The van der Waals surface area contributed by atoms with Gasteiger partial charge >= 0.3 is 0 Å². The Balaban J connectivity index is 1.77. The molecular formula is C18H27N3. The highest BCUT2D eigenvalue weighted by Crippen LogP contribution is 2.13. The van der Waals surface area contributed by atoms with Crippen molar-refractivity contribution in [3.8, 4) is 6.07 Å². The number of benzene rings is 1. The van der Waals surface area contributed by atoms with Gasteiger partial charge < -0.3 is 4.90 Å². The molecule has 0 spiro atoms. The molecule has 1 fully saturated rings. The summed E-state index contributed by atoms with van der Waals surface area (Å²) in [6, 6.07) is 11.4. The second kappa shape index (κ2) is 7.59. The van der Waals surface area contributed by atoms with Crippen molar-refractivity contribution in [3.05, 3.63) is 35.4 Å². The summed E-state index contributed by atoms with van der Waals surface area (Å²) < 4.78 is 0. The summed E-state index contributed by atoms with van der Waals surface area (Å²) >= 11 is 0. The quantitative estimate of drug-likeness (QED) is 0.833. The largest absolute Gasteiger partial charge is 0.300 e. The molecule has 0 aromatic heterocycles. The van der Waals surface area contributed by atoms with Gasteiger partial charge in [0.25, 0.3) is 0 Å². The molecule has 1 aromatic rings. The Hall–Kier alpha value is -1.37. The van der Waals surface area contributed by atoms with Gasteiger partial charge in [0, 0.05) is 32.7 Å². The molecule has 1 heterocycles. The van der Waals surface area contributed by atoms with Crippen molar-refractivity contribution < 1.29 is 0 Å². The highest BCUT2D eigenvalue weighted by atomic mass is 15.3. The average Bonchev–Trinajstić information content (AvgIpc) is 2.48. The summed E-state index contributed by atoms with van der Waals surface area (Å²) in [5.74, 6) is 0.411. The second-order valence-electron chi connectivity index (χ2n) is 6.43. The van der Waals surface area contributed by atoms with Crippen LogP contribution >= 0.6 is 0 Å². The van der Waals surface area contributed by atoms with Crippen LogP contribution in [-0.4, -0.2) is 48.6 Å². The van der Waals surface area contributed by atoms with E-state index in [1.807, 2.05) is 0 Å². The van der Waals surface area contributed by atoms with Crippen molar-refractivity contribution in [1.82, 2.24) is 9.80 Å². The van der Waals surface area contributed by atoms with Gasteiger partial charge in [-0.15, -0.1) is 0 Å². The third-order valence-electron chi connectivity index (χ3n) is 4.40. The smallest absolute Gasteiger partial charge is 0.100 e. The summed E-state index contributed by atoms with van der Waals surface area (Å²) in [7, 11) is 0. The maximum Gasteiger partial charge on any atom is 0.100 e. The number of nitriles is 1. The lowest BCUT2D eigenvalue weighted by molar-refractivity contribution is 0.0990. The standard InChI is InChI=1S/C18H27N3/c1-15(2)18(14-19)21-12-10-20(11-13-21)9-8-17-6-4-16(3)5-7-17/h4-7,15,18H,8-13H2,1-3H3/t18-/m0/s1. The lowest BCUT2D eigenvalue weighted by Crippen LogP contribution is -2.51. The fourth-order valence-corrected chi connectivity index (χ4v) is 2.96. The SMILES string of the molecule is Cc1ccc(CCN2CCN([C@@H](C#N)C(C)C)CC2)cc1. The van der Waals surface area contributed by atoms with Crippen molar-refractivity contribution in [2.45, 2.75) is 33.2 Å². The Morgan fingerprint density at radius 2 is 1.71 bits per heavy atom. The van der Waals surface area contributed by atoms with E-state index in [-0.39, 0.29) is 6.04 Å². The molecule has 0 saturated carbocycles. The zero-order valence-corrected chi connectivity index (χ0v) is 13.5. The van der Waals surface area contributed by atoms with E-state index in [2.05, 4.69) is 60.9 Å². The topological polar surface area (TPSA) is 30.3 Å². The first-order chi connectivity index (χ1) is 10.1. The molecule has 2 rings (SSSR count). The lowest BCUT2D eigenvalue weighted by Gasteiger charge is -2.38. The van der Waals surface area contributed by atoms with Crippen molar-refractivity contribution >= 4 is 0 Å². The van der Waals surface area contributed by atoms with Crippen molar-refractivity contribution in [2.24, 2.45) is 5.92 Å². The van der Waals surface area contributed by atoms with Crippen molar-refractivity contribution in [3.63, 3.8) is 0 Å². The first-order valence-corrected chi connectivity index (χ1v) is 8.01. The van der Waals surface area contributed by atoms with Crippen LogP contribution in [0, 0.1) is 24.2 Å². The van der Waals surface area contributed by atoms with Crippen LogP contribution in [0.4, 0.5) is 0 Å². The monoisotopic (exact) mass is 285 g/mol. The van der Waals surface area contributed by atoms with Gasteiger partial charge in [0.1, 0.15) is 6.04 Å². The Bertz CT molecular complexity index is 464. The Kier molecular flexibility index (Phi) is 5.78. The van der Waals surface area contributed by atoms with Crippen LogP contribution in [0.2, 0.25) is 0 Å². The fraction of sp³-hybridized carbons (Fsp3) is 0.611. The van der Waals surface area contributed by atoms with Gasteiger partial charge in [0.2, 0.25) is 0 Å². The molecule has 3 nitrogen and oxygen atoms in total. The summed E-state index contributed by atoms with van der Waals surface area (Å²) in [5, 5.41) is 9.28. The molecule has 1 saturated heterocycles. The van der Waals surface area contributed by atoms with E-state index in [4.69, 9.17) is 0 Å². The molecule has 1 aliphatic heterocycles. The van der Waals surface area contributed by atoms with Crippen LogP contribution < -0.4 is 0 Å². The lowest BCUT2D eigenvalue weighted by atomic mass is 10.0. The first kappa shape index (κ1) is 16.0. The zero-order valence-electron chi connectivity index (χ0n) is 13.5. The van der Waals surface area contributed by atoms with Gasteiger partial charge in [-0.05, 0) is 24.8 Å². The average molecular weight is 285 g/mol. The summed E-state index contributed by atoms with van der Waals surface area (Å²) in [4.78, 5) is 4.86. The normalized spacial score (nSPS) is 18.6. The van der Waals surface area contributed by atoms with Crippen LogP contribution in [0.15, 0.2) is 24.3 Å². The molecule has 0 amide bonds. The highest BCUT2D eigenvalue weighted by molar-refractivity contribution is 5.21. The van der Waals surface area contributed by atoms with Crippen molar-refractivity contribution in [1.29, 1.82) is 5.26 Å². The van der Waals surface area contributed by atoms with Crippen LogP contribution in [0.5, 0.6) is 0 Å². The number of piperazine rings is 1. The molecule has 0 aliphatic carbocycles. The minimum Gasteiger partial charge on any atom is -0.300 e. The Labute approximate surface area is 129 Å². The van der Waals surface area contributed by atoms with Gasteiger partial charge in [-0.3, -0.25) is 4.90 Å². The van der Waals surface area contributed by atoms with Gasteiger partial charge in [-0.25, -0.2) is 0 Å². The molecule has 0 unspecified atom stereocenters. The zero-order chi connectivity index (χ0) is 15.2. The van der Waals surface area contributed by atoms with Gasteiger partial charge in [-0.1, -0.05) is 43.7 Å². The molecule has 0 radical (unpaired) electrons. The van der Waals surface area contributed by atoms with Crippen LogP contribution in [0.3, 0.4) is 0 Å². The van der Waals surface area contributed by atoms with Crippen LogP contribution in [0.25, 0.3) is 0 Å². The fourth-order valence-electron chi connectivity index (χ4n) is 2.96. The maximum absolute atomic E-state index is 9.28. The van der Waals surface area contributed by atoms with Crippen LogP contribution in [-0.2, 0) is 6.42 Å². The molecule has 21 heavy (non-hydrogen) atoms. The number of nitrogens with zero attached hydrogens (tertiary/aromatic N) is 3. The number of rotatable bonds is 5. The van der Waals surface area contributed by atoms with E-state index in [0.717, 1.165) is 39.1 Å². The van der Waals surface area contributed by atoms with E-state index in [1.165, 1.54) is 11.1 Å². The van der Waals surface area contributed by atoms with E-state index in [0.29, 0.717) is 5.92 Å². The van der Waals surface area contributed by atoms with E-state index in [9.17, 15) is 5.26 Å². The van der Waals surface area contributed by atoms with Gasteiger partial charge in [-0.2, -0.15) is 5.26 Å². The molecule has 1 atom stereocenters.